The van der Waals surface area contributed by atoms with Gasteiger partial charge in [0.2, 0.25) is 5.91 Å². The van der Waals surface area contributed by atoms with E-state index in [1.54, 1.807) is 0 Å². The Kier molecular flexibility index (Phi) is 4.87. The maximum absolute atomic E-state index is 11.3. The summed E-state index contributed by atoms with van der Waals surface area (Å²) >= 11 is 0. The molecule has 1 rings (SSSR count). The average Bonchev–Trinajstić information content (AvgIpc) is 2.33. The van der Waals surface area contributed by atoms with Crippen molar-refractivity contribution in [2.45, 2.75) is 64.3 Å². The topological polar surface area (TPSA) is 29.1 Å². The minimum absolute atomic E-state index is 0.245. The van der Waals surface area contributed by atoms with E-state index in [2.05, 4.69) is 5.32 Å². The summed E-state index contributed by atoms with van der Waals surface area (Å²) in [6, 6.07) is 0.474. The first-order chi connectivity index (χ1) is 6.33. The lowest BCUT2D eigenvalue weighted by molar-refractivity contribution is -0.121. The summed E-state index contributed by atoms with van der Waals surface area (Å²) in [6.45, 7) is 2.05. The van der Waals surface area contributed by atoms with Gasteiger partial charge in [-0.15, -0.1) is 0 Å². The lowest BCUT2D eigenvalue weighted by Gasteiger charge is -2.15. The van der Waals surface area contributed by atoms with Crippen LogP contribution in [0.4, 0.5) is 0 Å². The molecule has 1 aliphatic rings. The van der Waals surface area contributed by atoms with Crippen LogP contribution in [-0.2, 0) is 4.79 Å². The molecular formula is C11H21NO. The standard InChI is InChI=1S/C11H21NO/c1-2-7-11(13)12-10-8-5-3-4-6-9-10/h10H,2-9H2,1H3,(H,12,13). The molecule has 1 N–H and O–H groups in total. The number of hydrogen-bond donors (Lipinski definition) is 1. The zero-order valence-corrected chi connectivity index (χ0v) is 8.64. The molecule has 0 spiro atoms. The fourth-order valence-corrected chi connectivity index (χ4v) is 1.95. The predicted octanol–water partition coefficient (Wildman–Crippen LogP) is 2.63. The second kappa shape index (κ2) is 6.01. The molecule has 0 unspecified atom stereocenters. The molecule has 0 aromatic rings. The maximum atomic E-state index is 11.3. The first-order valence-electron chi connectivity index (χ1n) is 5.62. The molecule has 2 heteroatoms. The van der Waals surface area contributed by atoms with Crippen LogP contribution in [0.15, 0.2) is 0 Å². The minimum Gasteiger partial charge on any atom is -0.353 e. The molecule has 1 aliphatic carbocycles. The Hall–Kier alpha value is -0.530. The van der Waals surface area contributed by atoms with Crippen molar-refractivity contribution in [3.05, 3.63) is 0 Å². The van der Waals surface area contributed by atoms with Gasteiger partial charge in [-0.25, -0.2) is 0 Å². The number of carbonyl (C=O) groups excluding carboxylic acids is 1. The molecule has 0 aromatic heterocycles. The van der Waals surface area contributed by atoms with Crippen LogP contribution in [0.3, 0.4) is 0 Å². The molecule has 0 aromatic carbocycles. The second-order valence-electron chi connectivity index (χ2n) is 4.01. The number of amides is 1. The summed E-state index contributed by atoms with van der Waals surface area (Å²) < 4.78 is 0. The SMILES string of the molecule is CCCC(=O)NC1CCCCCC1. The van der Waals surface area contributed by atoms with Gasteiger partial charge in [-0.3, -0.25) is 4.79 Å². The summed E-state index contributed by atoms with van der Waals surface area (Å²) in [5.41, 5.74) is 0. The van der Waals surface area contributed by atoms with Gasteiger partial charge in [-0.1, -0.05) is 32.6 Å². The summed E-state index contributed by atoms with van der Waals surface area (Å²) in [6.07, 6.45) is 9.30. The zero-order chi connectivity index (χ0) is 9.52. The third-order valence-electron chi connectivity index (χ3n) is 2.70. The molecule has 76 valence electrons. The van der Waals surface area contributed by atoms with Gasteiger partial charge in [-0.2, -0.15) is 0 Å². The highest BCUT2D eigenvalue weighted by molar-refractivity contribution is 5.76. The molecule has 2 nitrogen and oxygen atoms in total. The van der Waals surface area contributed by atoms with Gasteiger partial charge in [0.15, 0.2) is 0 Å². The first-order valence-corrected chi connectivity index (χ1v) is 5.62. The predicted molar refractivity (Wildman–Crippen MR) is 54.5 cm³/mol. The lowest BCUT2D eigenvalue weighted by atomic mass is 10.1. The Labute approximate surface area is 81.1 Å². The Morgan fingerprint density at radius 3 is 2.38 bits per heavy atom. The zero-order valence-electron chi connectivity index (χ0n) is 8.64. The van der Waals surface area contributed by atoms with Crippen molar-refractivity contribution in [1.82, 2.24) is 5.32 Å². The molecule has 13 heavy (non-hydrogen) atoms. The fourth-order valence-electron chi connectivity index (χ4n) is 1.95. The van der Waals surface area contributed by atoms with E-state index in [9.17, 15) is 4.79 Å². The number of carbonyl (C=O) groups is 1. The monoisotopic (exact) mass is 183 g/mol. The van der Waals surface area contributed by atoms with Gasteiger partial charge < -0.3 is 5.32 Å². The van der Waals surface area contributed by atoms with Gasteiger partial charge in [0.25, 0.3) is 0 Å². The van der Waals surface area contributed by atoms with Crippen LogP contribution in [0, 0.1) is 0 Å². The summed E-state index contributed by atoms with van der Waals surface area (Å²) in [7, 11) is 0. The van der Waals surface area contributed by atoms with E-state index in [-0.39, 0.29) is 5.91 Å². The quantitative estimate of drug-likeness (QED) is 0.669. The van der Waals surface area contributed by atoms with Crippen LogP contribution in [0.2, 0.25) is 0 Å². The van der Waals surface area contributed by atoms with E-state index in [0.29, 0.717) is 12.5 Å². The van der Waals surface area contributed by atoms with Crippen LogP contribution in [-0.4, -0.2) is 11.9 Å². The van der Waals surface area contributed by atoms with E-state index < -0.39 is 0 Å². The molecular weight excluding hydrogens is 162 g/mol. The molecule has 0 bridgehead atoms. The van der Waals surface area contributed by atoms with Crippen molar-refractivity contribution in [2.75, 3.05) is 0 Å². The van der Waals surface area contributed by atoms with Gasteiger partial charge in [-0.05, 0) is 19.3 Å². The molecule has 0 heterocycles. The first kappa shape index (κ1) is 10.6. The Morgan fingerprint density at radius 2 is 1.85 bits per heavy atom. The van der Waals surface area contributed by atoms with Gasteiger partial charge >= 0.3 is 0 Å². The van der Waals surface area contributed by atoms with E-state index in [1.165, 1.54) is 38.5 Å². The average molecular weight is 183 g/mol. The minimum atomic E-state index is 0.245. The Morgan fingerprint density at radius 1 is 1.23 bits per heavy atom. The fraction of sp³-hybridized carbons (Fsp3) is 0.909. The van der Waals surface area contributed by atoms with Gasteiger partial charge in [0.05, 0.1) is 0 Å². The van der Waals surface area contributed by atoms with E-state index in [0.717, 1.165) is 6.42 Å². The van der Waals surface area contributed by atoms with Gasteiger partial charge in [0, 0.05) is 12.5 Å². The van der Waals surface area contributed by atoms with E-state index in [4.69, 9.17) is 0 Å². The molecule has 1 amide bonds. The summed E-state index contributed by atoms with van der Waals surface area (Å²) in [5.74, 6) is 0.245. The maximum Gasteiger partial charge on any atom is 0.220 e. The molecule has 0 atom stereocenters. The Bertz CT molecular complexity index is 148. The van der Waals surface area contributed by atoms with Crippen molar-refractivity contribution in [2.24, 2.45) is 0 Å². The van der Waals surface area contributed by atoms with Crippen LogP contribution >= 0.6 is 0 Å². The Balaban J connectivity index is 2.21. The van der Waals surface area contributed by atoms with Crippen molar-refractivity contribution < 1.29 is 4.79 Å². The number of nitrogens with one attached hydrogen (secondary N) is 1. The van der Waals surface area contributed by atoms with Crippen LogP contribution in [0.1, 0.15) is 58.3 Å². The van der Waals surface area contributed by atoms with Crippen LogP contribution < -0.4 is 5.32 Å². The van der Waals surface area contributed by atoms with Crippen LogP contribution in [0.25, 0.3) is 0 Å². The van der Waals surface area contributed by atoms with E-state index >= 15 is 0 Å². The molecule has 0 radical (unpaired) electrons. The number of hydrogen-bond acceptors (Lipinski definition) is 1. The third-order valence-corrected chi connectivity index (χ3v) is 2.70. The highest BCUT2D eigenvalue weighted by atomic mass is 16.1. The highest BCUT2D eigenvalue weighted by Gasteiger charge is 2.13. The molecule has 0 saturated heterocycles. The summed E-state index contributed by atoms with van der Waals surface area (Å²) in [5, 5.41) is 3.12. The smallest absolute Gasteiger partial charge is 0.220 e. The van der Waals surface area contributed by atoms with Crippen molar-refractivity contribution in [1.29, 1.82) is 0 Å². The lowest BCUT2D eigenvalue weighted by Crippen LogP contribution is -2.34. The molecule has 1 saturated carbocycles. The van der Waals surface area contributed by atoms with Crippen molar-refractivity contribution in [3.63, 3.8) is 0 Å². The van der Waals surface area contributed by atoms with Gasteiger partial charge in [0.1, 0.15) is 0 Å². The largest absolute Gasteiger partial charge is 0.353 e. The third kappa shape index (κ3) is 4.30. The van der Waals surface area contributed by atoms with Crippen LogP contribution in [0.5, 0.6) is 0 Å². The van der Waals surface area contributed by atoms with E-state index in [1.807, 2.05) is 6.92 Å². The van der Waals surface area contributed by atoms with Crippen molar-refractivity contribution >= 4 is 5.91 Å². The molecule has 1 fully saturated rings. The van der Waals surface area contributed by atoms with Crippen molar-refractivity contribution in [3.8, 4) is 0 Å². The second-order valence-corrected chi connectivity index (χ2v) is 4.01. The normalized spacial score (nSPS) is 19.5. The molecule has 0 aliphatic heterocycles. The highest BCUT2D eigenvalue weighted by Crippen LogP contribution is 2.17. The summed E-state index contributed by atoms with van der Waals surface area (Å²) in [4.78, 5) is 11.3. The number of rotatable bonds is 3.